The molecule has 2 N–H and O–H groups in total. The lowest BCUT2D eigenvalue weighted by molar-refractivity contribution is -0.115. The van der Waals surface area contributed by atoms with Crippen LogP contribution in [-0.4, -0.2) is 11.8 Å². The summed E-state index contributed by atoms with van der Waals surface area (Å²) in [7, 11) is 0. The zero-order chi connectivity index (χ0) is 15.0. The zero-order valence-electron chi connectivity index (χ0n) is 10.7. The van der Waals surface area contributed by atoms with Gasteiger partial charge < -0.3 is 10.6 Å². The van der Waals surface area contributed by atoms with Gasteiger partial charge in [0, 0.05) is 17.3 Å². The number of hydrogen-bond acceptors (Lipinski definition) is 2. The van der Waals surface area contributed by atoms with E-state index in [0.717, 1.165) is 12.1 Å². The molecule has 0 fully saturated rings. The lowest BCUT2D eigenvalue weighted by Crippen LogP contribution is -2.13. The smallest absolute Gasteiger partial charge is 0.255 e. The number of benzene rings is 2. The van der Waals surface area contributed by atoms with Gasteiger partial charge in [0.15, 0.2) is 0 Å². The minimum atomic E-state index is -0.846. The van der Waals surface area contributed by atoms with E-state index in [1.807, 2.05) is 0 Å². The van der Waals surface area contributed by atoms with E-state index in [2.05, 4.69) is 10.6 Å². The lowest BCUT2D eigenvalue weighted by atomic mass is 10.1. The summed E-state index contributed by atoms with van der Waals surface area (Å²) in [4.78, 5) is 23.3. The summed E-state index contributed by atoms with van der Waals surface area (Å²) in [5.74, 6) is -2.22. The van der Waals surface area contributed by atoms with Crippen LogP contribution in [0, 0.1) is 11.6 Å². The van der Waals surface area contributed by atoms with Crippen molar-refractivity contribution in [2.45, 2.75) is 6.42 Å². The van der Waals surface area contributed by atoms with Gasteiger partial charge in [0.05, 0.1) is 12.1 Å². The number of nitrogens with one attached hydrogen (secondary N) is 2. The van der Waals surface area contributed by atoms with E-state index in [0.29, 0.717) is 22.9 Å². The summed E-state index contributed by atoms with van der Waals surface area (Å²) in [6.07, 6.45) is 0.210. The Morgan fingerprint density at radius 1 is 1.14 bits per heavy atom. The maximum atomic E-state index is 13.5. The molecule has 21 heavy (non-hydrogen) atoms. The molecule has 4 nitrogen and oxygen atoms in total. The minimum Gasteiger partial charge on any atom is -0.326 e. The minimum absolute atomic E-state index is 0.101. The van der Waals surface area contributed by atoms with Crippen LogP contribution in [0.15, 0.2) is 36.4 Å². The fraction of sp³-hybridized carbons (Fsp3) is 0.0667. The summed E-state index contributed by atoms with van der Waals surface area (Å²) in [6.45, 7) is 0. The number of carbonyl (C=O) groups is 2. The number of anilines is 2. The van der Waals surface area contributed by atoms with Crippen molar-refractivity contribution in [1.82, 2.24) is 0 Å². The summed E-state index contributed by atoms with van der Waals surface area (Å²) < 4.78 is 26.3. The topological polar surface area (TPSA) is 58.2 Å². The van der Waals surface area contributed by atoms with Crippen molar-refractivity contribution in [3.63, 3.8) is 0 Å². The second kappa shape index (κ2) is 4.97. The van der Waals surface area contributed by atoms with E-state index < -0.39 is 17.5 Å². The second-order valence-corrected chi connectivity index (χ2v) is 4.68. The standard InChI is InChI=1S/C15H10F2N2O2/c16-10-2-4-13(11(17)7-10)19-15(21)8-1-3-12-9(5-8)6-14(20)18-12/h1-5,7H,6H2,(H,18,20)(H,19,21). The molecule has 1 aliphatic heterocycles. The first-order valence-electron chi connectivity index (χ1n) is 6.22. The molecule has 0 saturated carbocycles. The maximum Gasteiger partial charge on any atom is 0.255 e. The van der Waals surface area contributed by atoms with Crippen molar-refractivity contribution in [3.05, 3.63) is 59.2 Å². The summed E-state index contributed by atoms with van der Waals surface area (Å²) in [5.41, 5.74) is 1.59. The van der Waals surface area contributed by atoms with Crippen LogP contribution < -0.4 is 10.6 Å². The Hall–Kier alpha value is -2.76. The summed E-state index contributed by atoms with van der Waals surface area (Å²) in [6, 6.07) is 7.63. The number of carbonyl (C=O) groups excluding carboxylic acids is 2. The van der Waals surface area contributed by atoms with E-state index >= 15 is 0 Å². The lowest BCUT2D eigenvalue weighted by Gasteiger charge is -2.07. The molecule has 0 aliphatic carbocycles. The molecule has 0 spiro atoms. The first-order valence-corrected chi connectivity index (χ1v) is 6.22. The van der Waals surface area contributed by atoms with E-state index in [-0.39, 0.29) is 18.0 Å². The van der Waals surface area contributed by atoms with E-state index in [1.165, 1.54) is 6.07 Å². The molecule has 0 radical (unpaired) electrons. The normalized spacial score (nSPS) is 12.8. The fourth-order valence-corrected chi connectivity index (χ4v) is 2.16. The number of fused-ring (bicyclic) bond motifs is 1. The number of rotatable bonds is 2. The van der Waals surface area contributed by atoms with Gasteiger partial charge in [0.2, 0.25) is 5.91 Å². The van der Waals surface area contributed by atoms with E-state index in [9.17, 15) is 18.4 Å². The Morgan fingerprint density at radius 3 is 2.71 bits per heavy atom. The highest BCUT2D eigenvalue weighted by molar-refractivity contribution is 6.06. The zero-order valence-corrected chi connectivity index (χ0v) is 10.7. The van der Waals surface area contributed by atoms with Gasteiger partial charge in [-0.15, -0.1) is 0 Å². The van der Waals surface area contributed by atoms with Gasteiger partial charge in [-0.05, 0) is 35.9 Å². The van der Waals surface area contributed by atoms with Crippen molar-refractivity contribution < 1.29 is 18.4 Å². The Labute approximate surface area is 118 Å². The first-order chi connectivity index (χ1) is 10.0. The van der Waals surface area contributed by atoms with Gasteiger partial charge in [-0.2, -0.15) is 0 Å². The highest BCUT2D eigenvalue weighted by atomic mass is 19.1. The van der Waals surface area contributed by atoms with Crippen LogP contribution in [0.3, 0.4) is 0 Å². The van der Waals surface area contributed by atoms with E-state index in [4.69, 9.17) is 0 Å². The molecule has 2 aromatic carbocycles. The fourth-order valence-electron chi connectivity index (χ4n) is 2.16. The maximum absolute atomic E-state index is 13.5. The second-order valence-electron chi connectivity index (χ2n) is 4.68. The van der Waals surface area contributed by atoms with Crippen molar-refractivity contribution in [1.29, 1.82) is 0 Å². The highest BCUT2D eigenvalue weighted by Gasteiger charge is 2.19. The van der Waals surface area contributed by atoms with Crippen LogP contribution in [0.2, 0.25) is 0 Å². The Bertz CT molecular complexity index is 759. The molecule has 0 unspecified atom stereocenters. The third-order valence-electron chi connectivity index (χ3n) is 3.17. The van der Waals surface area contributed by atoms with Crippen LogP contribution in [-0.2, 0) is 11.2 Å². The van der Waals surface area contributed by atoms with Gasteiger partial charge in [0.1, 0.15) is 11.6 Å². The third kappa shape index (κ3) is 2.60. The monoisotopic (exact) mass is 288 g/mol. The molecular formula is C15H10F2N2O2. The molecule has 1 aliphatic rings. The quantitative estimate of drug-likeness (QED) is 0.892. The Morgan fingerprint density at radius 2 is 1.95 bits per heavy atom. The molecule has 0 atom stereocenters. The van der Waals surface area contributed by atoms with E-state index in [1.54, 1.807) is 12.1 Å². The predicted molar refractivity (Wildman–Crippen MR) is 73.1 cm³/mol. The van der Waals surface area contributed by atoms with Crippen molar-refractivity contribution in [2.75, 3.05) is 10.6 Å². The number of amides is 2. The van der Waals surface area contributed by atoms with Gasteiger partial charge in [-0.3, -0.25) is 9.59 Å². The van der Waals surface area contributed by atoms with Gasteiger partial charge in [-0.25, -0.2) is 8.78 Å². The molecule has 3 rings (SSSR count). The average Bonchev–Trinajstić information content (AvgIpc) is 2.80. The average molecular weight is 288 g/mol. The molecule has 106 valence electrons. The molecular weight excluding hydrogens is 278 g/mol. The predicted octanol–water partition coefficient (Wildman–Crippen LogP) is 2.71. The molecule has 0 saturated heterocycles. The van der Waals surface area contributed by atoms with Gasteiger partial charge in [-0.1, -0.05) is 0 Å². The molecule has 6 heteroatoms. The van der Waals surface area contributed by atoms with Crippen molar-refractivity contribution in [3.8, 4) is 0 Å². The van der Waals surface area contributed by atoms with Crippen molar-refractivity contribution >= 4 is 23.2 Å². The molecule has 1 heterocycles. The molecule has 0 aromatic heterocycles. The van der Waals surface area contributed by atoms with Crippen LogP contribution in [0.1, 0.15) is 15.9 Å². The molecule has 2 amide bonds. The van der Waals surface area contributed by atoms with Gasteiger partial charge in [0.25, 0.3) is 5.91 Å². The van der Waals surface area contributed by atoms with Crippen LogP contribution in [0.4, 0.5) is 20.2 Å². The first kappa shape index (κ1) is 13.2. The van der Waals surface area contributed by atoms with Crippen LogP contribution >= 0.6 is 0 Å². The Kier molecular flexibility index (Phi) is 3.13. The van der Waals surface area contributed by atoms with Crippen LogP contribution in [0.5, 0.6) is 0 Å². The van der Waals surface area contributed by atoms with Gasteiger partial charge >= 0.3 is 0 Å². The third-order valence-corrected chi connectivity index (χ3v) is 3.17. The Balaban J connectivity index is 1.83. The largest absolute Gasteiger partial charge is 0.326 e. The van der Waals surface area contributed by atoms with Crippen LogP contribution in [0.25, 0.3) is 0 Å². The summed E-state index contributed by atoms with van der Waals surface area (Å²) >= 11 is 0. The summed E-state index contributed by atoms with van der Waals surface area (Å²) in [5, 5.41) is 5.03. The molecule has 2 aromatic rings. The highest BCUT2D eigenvalue weighted by Crippen LogP contribution is 2.24. The molecule has 0 bridgehead atoms. The SMILES string of the molecule is O=C1Cc2cc(C(=O)Nc3ccc(F)cc3F)ccc2N1. The number of halogens is 2. The van der Waals surface area contributed by atoms with Crippen molar-refractivity contribution in [2.24, 2.45) is 0 Å². The number of hydrogen-bond donors (Lipinski definition) is 2.